The van der Waals surface area contributed by atoms with Gasteiger partial charge in [0, 0.05) is 5.92 Å². The van der Waals surface area contributed by atoms with Gasteiger partial charge in [-0.1, -0.05) is 20.8 Å². The van der Waals surface area contributed by atoms with Crippen molar-refractivity contribution in [1.82, 2.24) is 10.2 Å². The first-order valence-corrected chi connectivity index (χ1v) is 6.04. The van der Waals surface area contributed by atoms with Crippen molar-refractivity contribution in [3.63, 3.8) is 0 Å². The summed E-state index contributed by atoms with van der Waals surface area (Å²) in [6, 6.07) is 1.79. The minimum absolute atomic E-state index is 0.109. The Bertz CT molecular complexity index is 444. The molecule has 1 aromatic heterocycles. The number of nitrogens with one attached hydrogen (secondary N) is 1. The number of amides is 1. The van der Waals surface area contributed by atoms with Crippen molar-refractivity contribution < 1.29 is 4.79 Å². The molecular weight excluding hydrogens is 214 g/mol. The van der Waals surface area contributed by atoms with E-state index in [1.807, 2.05) is 6.92 Å². The lowest BCUT2D eigenvalue weighted by molar-refractivity contribution is -0.118. The van der Waals surface area contributed by atoms with E-state index < -0.39 is 0 Å². The van der Waals surface area contributed by atoms with Crippen LogP contribution in [0.15, 0.2) is 12.3 Å². The van der Waals surface area contributed by atoms with E-state index in [2.05, 4.69) is 36.3 Å². The highest BCUT2D eigenvalue weighted by Gasteiger charge is 2.56. The van der Waals surface area contributed by atoms with Gasteiger partial charge in [0.15, 0.2) is 0 Å². The fourth-order valence-corrected chi connectivity index (χ4v) is 2.17. The van der Waals surface area contributed by atoms with Crippen LogP contribution in [0.5, 0.6) is 0 Å². The Morgan fingerprint density at radius 3 is 2.82 bits per heavy atom. The van der Waals surface area contributed by atoms with E-state index in [-0.39, 0.29) is 17.2 Å². The smallest absolute Gasteiger partial charge is 0.228 e. The highest BCUT2D eigenvalue weighted by Crippen LogP contribution is 2.57. The van der Waals surface area contributed by atoms with Crippen LogP contribution in [-0.2, 0) is 4.79 Å². The van der Waals surface area contributed by atoms with Crippen LogP contribution >= 0.6 is 0 Å². The van der Waals surface area contributed by atoms with Gasteiger partial charge >= 0.3 is 0 Å². The van der Waals surface area contributed by atoms with Gasteiger partial charge in [-0.25, -0.2) is 0 Å². The Balaban J connectivity index is 2.03. The minimum Gasteiger partial charge on any atom is -0.324 e. The zero-order chi connectivity index (χ0) is 12.6. The molecule has 0 spiro atoms. The molecule has 17 heavy (non-hydrogen) atoms. The number of hydrogen-bond acceptors (Lipinski definition) is 3. The third kappa shape index (κ3) is 2.16. The number of carbonyl (C=O) groups excluding carboxylic acids is 1. The summed E-state index contributed by atoms with van der Waals surface area (Å²) < 4.78 is 0. The molecule has 1 amide bonds. The van der Waals surface area contributed by atoms with Crippen molar-refractivity contribution in [3.05, 3.63) is 18.0 Å². The number of nitrogens with zero attached hydrogens (tertiary/aromatic N) is 2. The van der Waals surface area contributed by atoms with Crippen molar-refractivity contribution in [1.29, 1.82) is 0 Å². The molecule has 92 valence electrons. The van der Waals surface area contributed by atoms with Crippen LogP contribution < -0.4 is 5.32 Å². The SMILES string of the molecule is Cc1nnccc1NC(=O)C1CC1(C)C(C)C. The van der Waals surface area contributed by atoms with Gasteiger partial charge in [-0.05, 0) is 30.7 Å². The highest BCUT2D eigenvalue weighted by atomic mass is 16.2. The van der Waals surface area contributed by atoms with Gasteiger partial charge < -0.3 is 5.32 Å². The number of carbonyl (C=O) groups is 1. The summed E-state index contributed by atoms with van der Waals surface area (Å²) in [5.41, 5.74) is 1.69. The first-order valence-electron chi connectivity index (χ1n) is 6.04. The summed E-state index contributed by atoms with van der Waals surface area (Å²) in [5.74, 6) is 0.780. The second kappa shape index (κ2) is 4.09. The third-order valence-corrected chi connectivity index (χ3v) is 4.08. The Morgan fingerprint density at radius 1 is 1.59 bits per heavy atom. The molecule has 1 saturated carbocycles. The molecule has 0 bridgehead atoms. The summed E-state index contributed by atoms with van der Waals surface area (Å²) >= 11 is 0. The predicted molar refractivity (Wildman–Crippen MR) is 66.5 cm³/mol. The van der Waals surface area contributed by atoms with Crippen LogP contribution in [0.2, 0.25) is 0 Å². The summed E-state index contributed by atoms with van der Waals surface area (Å²) in [7, 11) is 0. The van der Waals surface area contributed by atoms with Crippen molar-refractivity contribution in [2.45, 2.75) is 34.1 Å². The van der Waals surface area contributed by atoms with Crippen LogP contribution in [0.1, 0.15) is 32.9 Å². The number of aryl methyl sites for hydroxylation is 1. The number of aromatic nitrogens is 2. The molecule has 1 aromatic rings. The number of anilines is 1. The van der Waals surface area contributed by atoms with Gasteiger partial charge in [-0.15, -0.1) is 0 Å². The molecule has 0 saturated heterocycles. The monoisotopic (exact) mass is 233 g/mol. The second-order valence-electron chi connectivity index (χ2n) is 5.44. The summed E-state index contributed by atoms with van der Waals surface area (Å²) in [4.78, 5) is 12.1. The van der Waals surface area contributed by atoms with Crippen LogP contribution in [-0.4, -0.2) is 16.1 Å². The molecular formula is C13H19N3O. The van der Waals surface area contributed by atoms with Gasteiger partial charge in [0.25, 0.3) is 0 Å². The van der Waals surface area contributed by atoms with Crippen LogP contribution in [0.4, 0.5) is 5.69 Å². The molecule has 1 fully saturated rings. The lowest BCUT2D eigenvalue weighted by Gasteiger charge is -2.15. The van der Waals surface area contributed by atoms with Gasteiger partial charge in [-0.2, -0.15) is 10.2 Å². The third-order valence-electron chi connectivity index (χ3n) is 4.08. The average Bonchev–Trinajstić information content (AvgIpc) is 2.96. The van der Waals surface area contributed by atoms with Gasteiger partial charge in [0.1, 0.15) is 0 Å². The molecule has 0 radical (unpaired) electrons. The average molecular weight is 233 g/mol. The standard InChI is InChI=1S/C13H19N3O/c1-8(2)13(4)7-10(13)12(17)15-11-5-6-14-16-9(11)3/h5-6,8,10H,7H2,1-4H3,(H,14,15,17). The Labute approximate surface area is 102 Å². The summed E-state index contributed by atoms with van der Waals surface area (Å²) in [5, 5.41) is 10.6. The molecule has 0 aromatic carbocycles. The molecule has 0 aliphatic heterocycles. The first kappa shape index (κ1) is 12.0. The van der Waals surface area contributed by atoms with E-state index in [1.54, 1.807) is 12.3 Å². The van der Waals surface area contributed by atoms with E-state index in [4.69, 9.17) is 0 Å². The molecule has 1 N–H and O–H groups in total. The summed E-state index contributed by atoms with van der Waals surface area (Å²) in [6.45, 7) is 8.37. The van der Waals surface area contributed by atoms with E-state index in [0.29, 0.717) is 5.92 Å². The van der Waals surface area contributed by atoms with Crippen molar-refractivity contribution in [2.75, 3.05) is 5.32 Å². The van der Waals surface area contributed by atoms with E-state index in [1.165, 1.54) is 0 Å². The van der Waals surface area contributed by atoms with Crippen molar-refractivity contribution >= 4 is 11.6 Å². The van der Waals surface area contributed by atoms with E-state index in [9.17, 15) is 4.79 Å². The molecule has 1 heterocycles. The Morgan fingerprint density at radius 2 is 2.29 bits per heavy atom. The topological polar surface area (TPSA) is 54.9 Å². The molecule has 2 unspecified atom stereocenters. The maximum absolute atomic E-state index is 12.1. The molecule has 1 aliphatic rings. The predicted octanol–water partition coefficient (Wildman–Crippen LogP) is 2.41. The van der Waals surface area contributed by atoms with Crippen LogP contribution in [0, 0.1) is 24.2 Å². The van der Waals surface area contributed by atoms with E-state index >= 15 is 0 Å². The van der Waals surface area contributed by atoms with Crippen molar-refractivity contribution in [2.24, 2.45) is 17.3 Å². The van der Waals surface area contributed by atoms with Gasteiger partial charge in [-0.3, -0.25) is 4.79 Å². The summed E-state index contributed by atoms with van der Waals surface area (Å²) in [6.07, 6.45) is 2.57. The zero-order valence-corrected chi connectivity index (χ0v) is 10.8. The van der Waals surface area contributed by atoms with Crippen LogP contribution in [0.3, 0.4) is 0 Å². The number of hydrogen-bond donors (Lipinski definition) is 1. The van der Waals surface area contributed by atoms with Gasteiger partial charge in [0.2, 0.25) is 5.91 Å². The second-order valence-corrected chi connectivity index (χ2v) is 5.44. The normalized spacial score (nSPS) is 27.0. The lowest BCUT2D eigenvalue weighted by atomic mass is 9.92. The molecule has 2 rings (SSSR count). The number of rotatable bonds is 3. The zero-order valence-electron chi connectivity index (χ0n) is 10.8. The Kier molecular flexibility index (Phi) is 2.89. The molecule has 1 aliphatic carbocycles. The fraction of sp³-hybridized carbons (Fsp3) is 0.615. The minimum atomic E-state index is 0.109. The van der Waals surface area contributed by atoms with Gasteiger partial charge in [0.05, 0.1) is 17.6 Å². The largest absolute Gasteiger partial charge is 0.324 e. The maximum Gasteiger partial charge on any atom is 0.228 e. The molecule has 2 atom stereocenters. The maximum atomic E-state index is 12.1. The van der Waals surface area contributed by atoms with E-state index in [0.717, 1.165) is 17.8 Å². The quantitative estimate of drug-likeness (QED) is 0.872. The van der Waals surface area contributed by atoms with Crippen LogP contribution in [0.25, 0.3) is 0 Å². The lowest BCUT2D eigenvalue weighted by Crippen LogP contribution is -2.20. The molecule has 4 nitrogen and oxygen atoms in total. The van der Waals surface area contributed by atoms with Crippen molar-refractivity contribution in [3.8, 4) is 0 Å². The fourth-order valence-electron chi connectivity index (χ4n) is 2.17. The highest BCUT2D eigenvalue weighted by molar-refractivity contribution is 5.95. The molecule has 4 heteroatoms. The first-order chi connectivity index (χ1) is 7.95. The Hall–Kier alpha value is -1.45.